The molecule has 1 atom stereocenters. The van der Waals surface area contributed by atoms with Crippen molar-refractivity contribution < 1.29 is 0 Å². The minimum Gasteiger partial charge on any atom is -0.354 e. The van der Waals surface area contributed by atoms with Crippen LogP contribution in [0.1, 0.15) is 13.3 Å². The Morgan fingerprint density at radius 1 is 1.57 bits per heavy atom. The number of anilines is 1. The number of pyridine rings is 1. The first-order chi connectivity index (χ1) is 6.90. The van der Waals surface area contributed by atoms with E-state index in [1.54, 1.807) is 0 Å². The maximum Gasteiger partial charge on any atom is 0.128 e. The lowest BCUT2D eigenvalue weighted by Gasteiger charge is -2.34. The average Bonchev–Trinajstić information content (AvgIpc) is 2.30. The Labute approximate surface area is 85.1 Å². The lowest BCUT2D eigenvalue weighted by molar-refractivity contribution is 0.445. The quantitative estimate of drug-likeness (QED) is 0.763. The molecule has 0 radical (unpaired) electrons. The van der Waals surface area contributed by atoms with Crippen molar-refractivity contribution in [1.82, 2.24) is 10.3 Å². The Kier molecular flexibility index (Phi) is 2.99. The van der Waals surface area contributed by atoms with E-state index in [9.17, 15) is 0 Å². The normalized spacial score (nSPS) is 22.4. The summed E-state index contributed by atoms with van der Waals surface area (Å²) in [7, 11) is 0. The molecule has 76 valence electrons. The van der Waals surface area contributed by atoms with Crippen LogP contribution >= 0.6 is 0 Å². The third-order valence-corrected chi connectivity index (χ3v) is 2.72. The van der Waals surface area contributed by atoms with Crippen molar-refractivity contribution >= 4 is 5.82 Å². The molecule has 2 rings (SSSR count). The van der Waals surface area contributed by atoms with Crippen molar-refractivity contribution in [2.24, 2.45) is 0 Å². The fraction of sp³-hybridized carbons (Fsp3) is 0.545. The van der Waals surface area contributed by atoms with Gasteiger partial charge in [-0.3, -0.25) is 0 Å². The molecule has 1 aromatic rings. The minimum atomic E-state index is 0.616. The van der Waals surface area contributed by atoms with Gasteiger partial charge >= 0.3 is 0 Å². The van der Waals surface area contributed by atoms with Crippen LogP contribution in [-0.2, 0) is 0 Å². The van der Waals surface area contributed by atoms with Gasteiger partial charge in [-0.2, -0.15) is 0 Å². The number of piperazine rings is 1. The van der Waals surface area contributed by atoms with Gasteiger partial charge in [0.15, 0.2) is 0 Å². The summed E-state index contributed by atoms with van der Waals surface area (Å²) >= 11 is 0. The smallest absolute Gasteiger partial charge is 0.128 e. The lowest BCUT2D eigenvalue weighted by atomic mass is 10.1. The van der Waals surface area contributed by atoms with Gasteiger partial charge < -0.3 is 10.2 Å². The Morgan fingerprint density at radius 3 is 3.21 bits per heavy atom. The number of nitrogens with one attached hydrogen (secondary N) is 1. The molecular weight excluding hydrogens is 174 g/mol. The number of aromatic nitrogens is 1. The van der Waals surface area contributed by atoms with Crippen molar-refractivity contribution in [2.45, 2.75) is 19.4 Å². The SMILES string of the molecule is CCC1CN(c2ccccn2)CCN1. The number of rotatable bonds is 2. The minimum absolute atomic E-state index is 0.616. The van der Waals surface area contributed by atoms with Crippen LogP contribution < -0.4 is 10.2 Å². The zero-order chi connectivity index (χ0) is 9.80. The van der Waals surface area contributed by atoms with Crippen LogP contribution in [0.25, 0.3) is 0 Å². The Balaban J connectivity index is 2.04. The Bertz CT molecular complexity index is 273. The fourth-order valence-electron chi connectivity index (χ4n) is 1.85. The Morgan fingerprint density at radius 2 is 2.50 bits per heavy atom. The summed E-state index contributed by atoms with van der Waals surface area (Å²) in [6.07, 6.45) is 3.04. The zero-order valence-electron chi connectivity index (χ0n) is 8.61. The molecule has 3 nitrogen and oxygen atoms in total. The third-order valence-electron chi connectivity index (χ3n) is 2.72. The maximum atomic E-state index is 4.37. The molecule has 0 saturated carbocycles. The molecule has 1 fully saturated rings. The van der Waals surface area contributed by atoms with Crippen LogP contribution in [0.4, 0.5) is 5.82 Å². The Hall–Kier alpha value is -1.09. The van der Waals surface area contributed by atoms with Crippen molar-refractivity contribution in [3.63, 3.8) is 0 Å². The van der Waals surface area contributed by atoms with E-state index in [2.05, 4.69) is 28.2 Å². The summed E-state index contributed by atoms with van der Waals surface area (Å²) in [4.78, 5) is 6.72. The molecule has 1 aliphatic rings. The highest BCUT2D eigenvalue weighted by molar-refractivity contribution is 5.38. The van der Waals surface area contributed by atoms with Gasteiger partial charge in [-0.05, 0) is 18.6 Å². The van der Waals surface area contributed by atoms with Crippen molar-refractivity contribution in [3.05, 3.63) is 24.4 Å². The molecule has 0 aliphatic carbocycles. The predicted molar refractivity (Wildman–Crippen MR) is 58.5 cm³/mol. The van der Waals surface area contributed by atoms with Crippen LogP contribution in [0, 0.1) is 0 Å². The highest BCUT2D eigenvalue weighted by Gasteiger charge is 2.18. The van der Waals surface area contributed by atoms with Gasteiger partial charge in [0, 0.05) is 31.9 Å². The first kappa shape index (κ1) is 9.46. The van der Waals surface area contributed by atoms with Crippen molar-refractivity contribution in [1.29, 1.82) is 0 Å². The topological polar surface area (TPSA) is 28.2 Å². The third kappa shape index (κ3) is 2.04. The molecule has 1 unspecified atom stereocenters. The van der Waals surface area contributed by atoms with Gasteiger partial charge in [0.1, 0.15) is 5.82 Å². The first-order valence-corrected chi connectivity index (χ1v) is 5.29. The lowest BCUT2D eigenvalue weighted by Crippen LogP contribution is -2.50. The summed E-state index contributed by atoms with van der Waals surface area (Å²) in [5.41, 5.74) is 0. The van der Waals surface area contributed by atoms with Crippen LogP contribution in [0.15, 0.2) is 24.4 Å². The standard InChI is InChI=1S/C11H17N3/c1-2-10-9-14(8-7-12-10)11-5-3-4-6-13-11/h3-6,10,12H,2,7-9H2,1H3. The summed E-state index contributed by atoms with van der Waals surface area (Å²) in [6.45, 7) is 5.43. The van der Waals surface area contributed by atoms with E-state index in [4.69, 9.17) is 0 Å². The fourth-order valence-corrected chi connectivity index (χ4v) is 1.85. The van der Waals surface area contributed by atoms with Gasteiger partial charge in [-0.15, -0.1) is 0 Å². The van der Waals surface area contributed by atoms with E-state index in [0.717, 1.165) is 25.5 Å². The van der Waals surface area contributed by atoms with Crippen LogP contribution in [0.2, 0.25) is 0 Å². The molecule has 1 N–H and O–H groups in total. The largest absolute Gasteiger partial charge is 0.354 e. The first-order valence-electron chi connectivity index (χ1n) is 5.29. The second kappa shape index (κ2) is 4.42. The monoisotopic (exact) mass is 191 g/mol. The van der Waals surface area contributed by atoms with E-state index in [1.165, 1.54) is 6.42 Å². The van der Waals surface area contributed by atoms with Gasteiger partial charge in [0.2, 0.25) is 0 Å². The van der Waals surface area contributed by atoms with Gasteiger partial charge in [0.05, 0.1) is 0 Å². The van der Waals surface area contributed by atoms with E-state index in [0.29, 0.717) is 6.04 Å². The highest BCUT2D eigenvalue weighted by Crippen LogP contribution is 2.12. The molecule has 0 aromatic carbocycles. The van der Waals surface area contributed by atoms with Gasteiger partial charge in [-0.1, -0.05) is 13.0 Å². The van der Waals surface area contributed by atoms with Crippen LogP contribution in [0.5, 0.6) is 0 Å². The van der Waals surface area contributed by atoms with Crippen molar-refractivity contribution in [3.8, 4) is 0 Å². The highest BCUT2D eigenvalue weighted by atomic mass is 15.2. The number of hydrogen-bond acceptors (Lipinski definition) is 3. The molecule has 1 saturated heterocycles. The summed E-state index contributed by atoms with van der Waals surface area (Å²) in [5.74, 6) is 1.10. The number of nitrogens with zero attached hydrogens (tertiary/aromatic N) is 2. The van der Waals surface area contributed by atoms with Gasteiger partial charge in [0.25, 0.3) is 0 Å². The predicted octanol–water partition coefficient (Wildman–Crippen LogP) is 1.27. The molecule has 2 heterocycles. The molecule has 0 amide bonds. The second-order valence-electron chi connectivity index (χ2n) is 3.69. The molecule has 14 heavy (non-hydrogen) atoms. The second-order valence-corrected chi connectivity index (χ2v) is 3.69. The summed E-state index contributed by atoms with van der Waals surface area (Å²) in [5, 5.41) is 3.50. The summed E-state index contributed by atoms with van der Waals surface area (Å²) < 4.78 is 0. The van der Waals surface area contributed by atoms with Crippen molar-refractivity contribution in [2.75, 3.05) is 24.5 Å². The maximum absolute atomic E-state index is 4.37. The molecule has 0 bridgehead atoms. The molecular formula is C11H17N3. The van der Waals surface area contributed by atoms with Gasteiger partial charge in [-0.25, -0.2) is 4.98 Å². The van der Waals surface area contributed by atoms with Crippen LogP contribution in [-0.4, -0.2) is 30.7 Å². The molecule has 3 heteroatoms. The van der Waals surface area contributed by atoms with Crippen LogP contribution in [0.3, 0.4) is 0 Å². The van der Waals surface area contributed by atoms with E-state index >= 15 is 0 Å². The molecule has 0 spiro atoms. The van der Waals surface area contributed by atoms with E-state index < -0.39 is 0 Å². The van der Waals surface area contributed by atoms with E-state index in [1.807, 2.05) is 18.3 Å². The molecule has 1 aromatic heterocycles. The summed E-state index contributed by atoms with van der Waals surface area (Å²) in [6, 6.07) is 6.71. The number of hydrogen-bond donors (Lipinski definition) is 1. The van der Waals surface area contributed by atoms with E-state index in [-0.39, 0.29) is 0 Å². The average molecular weight is 191 g/mol. The zero-order valence-corrected chi connectivity index (χ0v) is 8.61. The molecule has 1 aliphatic heterocycles.